The molecule has 1 N–H and O–H groups in total. The molecule has 6 nitrogen and oxygen atoms in total. The van der Waals surface area contributed by atoms with Crippen molar-refractivity contribution < 1.29 is 17.9 Å². The molecule has 0 atom stereocenters. The molecule has 1 aliphatic heterocycles. The van der Waals surface area contributed by atoms with E-state index < -0.39 is 10.0 Å². The second-order valence-corrected chi connectivity index (χ2v) is 9.31. The summed E-state index contributed by atoms with van der Waals surface area (Å²) in [5, 5.41) is 0. The maximum Gasteiger partial charge on any atom is 0.261 e. The molecule has 29 heavy (non-hydrogen) atoms. The van der Waals surface area contributed by atoms with Crippen LogP contribution in [0.2, 0.25) is 0 Å². The molecule has 0 spiro atoms. The van der Waals surface area contributed by atoms with E-state index >= 15 is 0 Å². The highest BCUT2D eigenvalue weighted by Gasteiger charge is 2.24. The fraction of sp³-hybridized carbons (Fsp3) is 0.409. The Hall–Kier alpha value is -2.54. The summed E-state index contributed by atoms with van der Waals surface area (Å²) in [6.07, 6.45) is 6.46. The second-order valence-electron chi connectivity index (χ2n) is 7.63. The fourth-order valence-electron chi connectivity index (χ4n) is 4.12. The Labute approximate surface area is 171 Å². The van der Waals surface area contributed by atoms with Gasteiger partial charge in [-0.05, 0) is 80.0 Å². The van der Waals surface area contributed by atoms with E-state index in [0.29, 0.717) is 30.1 Å². The zero-order valence-electron chi connectivity index (χ0n) is 16.6. The van der Waals surface area contributed by atoms with Gasteiger partial charge < -0.3 is 9.64 Å². The Morgan fingerprint density at radius 3 is 2.45 bits per heavy atom. The number of benzene rings is 2. The summed E-state index contributed by atoms with van der Waals surface area (Å²) in [5.74, 6) is 0.584. The number of anilines is 2. The van der Waals surface area contributed by atoms with Gasteiger partial charge in [0, 0.05) is 13.0 Å². The molecule has 2 aromatic carbocycles. The highest BCUT2D eigenvalue weighted by Crippen LogP contribution is 2.34. The molecule has 0 saturated carbocycles. The molecule has 0 aromatic heterocycles. The molecule has 1 fully saturated rings. The summed E-state index contributed by atoms with van der Waals surface area (Å²) in [4.78, 5) is 14.3. The van der Waals surface area contributed by atoms with Crippen LogP contribution in [0.15, 0.2) is 41.3 Å². The minimum atomic E-state index is -3.72. The number of sulfonamides is 1. The molecule has 1 amide bonds. The summed E-state index contributed by atoms with van der Waals surface area (Å²) in [7, 11) is -2.18. The third kappa shape index (κ3) is 4.10. The van der Waals surface area contributed by atoms with Crippen LogP contribution in [0, 0.1) is 0 Å². The van der Waals surface area contributed by atoms with E-state index in [0.717, 1.165) is 44.1 Å². The molecule has 1 saturated heterocycles. The summed E-state index contributed by atoms with van der Waals surface area (Å²) in [6, 6.07) is 10.4. The number of hydrogen-bond acceptors (Lipinski definition) is 4. The van der Waals surface area contributed by atoms with Crippen LogP contribution in [0.4, 0.5) is 11.4 Å². The zero-order valence-corrected chi connectivity index (χ0v) is 17.4. The van der Waals surface area contributed by atoms with E-state index in [-0.39, 0.29) is 10.8 Å². The van der Waals surface area contributed by atoms with Crippen LogP contribution in [0.1, 0.15) is 43.2 Å². The van der Waals surface area contributed by atoms with Crippen molar-refractivity contribution >= 4 is 27.3 Å². The predicted molar refractivity (Wildman–Crippen MR) is 113 cm³/mol. The van der Waals surface area contributed by atoms with E-state index in [4.69, 9.17) is 4.74 Å². The van der Waals surface area contributed by atoms with Crippen molar-refractivity contribution in [3.05, 3.63) is 47.5 Å². The Morgan fingerprint density at radius 2 is 1.69 bits per heavy atom. The lowest BCUT2D eigenvalue weighted by atomic mass is 9.92. The lowest BCUT2D eigenvalue weighted by Crippen LogP contribution is -2.35. The molecular formula is C22H26N2O4S. The van der Waals surface area contributed by atoms with E-state index in [2.05, 4.69) is 4.72 Å². The Balaban J connectivity index is 1.63. The minimum absolute atomic E-state index is 0.0317. The van der Waals surface area contributed by atoms with Crippen molar-refractivity contribution in [2.24, 2.45) is 0 Å². The lowest BCUT2D eigenvalue weighted by molar-refractivity contribution is -0.119. The quantitative estimate of drug-likeness (QED) is 0.805. The van der Waals surface area contributed by atoms with E-state index in [9.17, 15) is 13.2 Å². The van der Waals surface area contributed by atoms with Crippen LogP contribution in [0.5, 0.6) is 5.75 Å². The lowest BCUT2D eigenvalue weighted by Gasteiger charge is -2.28. The standard InChI is InChI=1S/C22H26N2O4S/c1-28-21-12-10-18(15-20(21)24-13-5-4-8-22(24)25)23-29(26,27)19-11-9-16-6-2-3-7-17(16)14-19/h9-12,14-15,23H,2-8,13H2,1H3. The van der Waals surface area contributed by atoms with Crippen LogP contribution in [-0.2, 0) is 27.7 Å². The Morgan fingerprint density at radius 1 is 0.931 bits per heavy atom. The van der Waals surface area contributed by atoms with Gasteiger partial charge in [-0.25, -0.2) is 8.42 Å². The molecule has 2 aliphatic rings. The molecule has 2 aromatic rings. The van der Waals surface area contributed by atoms with Crippen molar-refractivity contribution in [2.75, 3.05) is 23.3 Å². The number of carbonyl (C=O) groups excluding carboxylic acids is 1. The summed E-state index contributed by atoms with van der Waals surface area (Å²) >= 11 is 0. The summed E-state index contributed by atoms with van der Waals surface area (Å²) in [5.41, 5.74) is 3.37. The maximum absolute atomic E-state index is 13.0. The summed E-state index contributed by atoms with van der Waals surface area (Å²) in [6.45, 7) is 0.607. The first-order chi connectivity index (χ1) is 14.0. The van der Waals surface area contributed by atoms with Crippen LogP contribution in [0.3, 0.4) is 0 Å². The first kappa shape index (κ1) is 19.8. The third-order valence-electron chi connectivity index (χ3n) is 5.68. The van der Waals surface area contributed by atoms with Gasteiger partial charge in [0.05, 0.1) is 23.4 Å². The molecule has 0 radical (unpaired) electrons. The minimum Gasteiger partial charge on any atom is -0.495 e. The first-order valence-electron chi connectivity index (χ1n) is 10.1. The van der Waals surface area contributed by atoms with Gasteiger partial charge in [0.25, 0.3) is 10.0 Å². The Kier molecular flexibility index (Phi) is 5.50. The highest BCUT2D eigenvalue weighted by atomic mass is 32.2. The average Bonchev–Trinajstić information content (AvgIpc) is 2.73. The topological polar surface area (TPSA) is 75.7 Å². The number of nitrogens with one attached hydrogen (secondary N) is 1. The zero-order chi connectivity index (χ0) is 20.4. The van der Waals surface area contributed by atoms with E-state index in [1.165, 1.54) is 5.56 Å². The van der Waals surface area contributed by atoms with Crippen molar-refractivity contribution in [1.82, 2.24) is 0 Å². The molecular weight excluding hydrogens is 388 g/mol. The Bertz CT molecular complexity index is 1030. The molecule has 0 unspecified atom stereocenters. The molecule has 4 rings (SSSR count). The van der Waals surface area contributed by atoms with Crippen molar-refractivity contribution in [3.8, 4) is 5.75 Å². The normalized spacial score (nSPS) is 17.0. The number of hydrogen-bond donors (Lipinski definition) is 1. The number of methoxy groups -OCH3 is 1. The molecule has 154 valence electrons. The van der Waals surface area contributed by atoms with Gasteiger partial charge in [0.1, 0.15) is 5.75 Å². The number of ether oxygens (including phenoxy) is 1. The maximum atomic E-state index is 13.0. The predicted octanol–water partition coefficient (Wildman–Crippen LogP) is 3.89. The molecule has 1 heterocycles. The highest BCUT2D eigenvalue weighted by molar-refractivity contribution is 7.92. The van der Waals surface area contributed by atoms with E-state index in [1.54, 1.807) is 42.3 Å². The number of rotatable bonds is 5. The van der Waals surface area contributed by atoms with Gasteiger partial charge in [-0.3, -0.25) is 9.52 Å². The van der Waals surface area contributed by atoms with Crippen LogP contribution in [-0.4, -0.2) is 28.0 Å². The van der Waals surface area contributed by atoms with E-state index in [1.807, 2.05) is 6.07 Å². The van der Waals surface area contributed by atoms with Gasteiger partial charge in [0.15, 0.2) is 0 Å². The van der Waals surface area contributed by atoms with Gasteiger partial charge in [-0.2, -0.15) is 0 Å². The monoisotopic (exact) mass is 414 g/mol. The van der Waals surface area contributed by atoms with Gasteiger partial charge >= 0.3 is 0 Å². The van der Waals surface area contributed by atoms with Crippen LogP contribution < -0.4 is 14.4 Å². The summed E-state index contributed by atoms with van der Waals surface area (Å²) < 4.78 is 34.0. The number of carbonyl (C=O) groups is 1. The third-order valence-corrected chi connectivity index (χ3v) is 7.05. The van der Waals surface area contributed by atoms with Gasteiger partial charge in [-0.15, -0.1) is 0 Å². The smallest absolute Gasteiger partial charge is 0.261 e. The average molecular weight is 415 g/mol. The number of fused-ring (bicyclic) bond motifs is 1. The SMILES string of the molecule is COc1ccc(NS(=O)(=O)c2ccc3c(c2)CCCC3)cc1N1CCCCC1=O. The number of piperidine rings is 1. The van der Waals surface area contributed by atoms with Crippen molar-refractivity contribution in [2.45, 2.75) is 49.8 Å². The molecule has 7 heteroatoms. The molecule has 1 aliphatic carbocycles. The fourth-order valence-corrected chi connectivity index (χ4v) is 5.22. The number of amides is 1. The number of aryl methyl sites for hydroxylation is 2. The first-order valence-corrected chi connectivity index (χ1v) is 11.6. The van der Waals surface area contributed by atoms with Crippen LogP contribution >= 0.6 is 0 Å². The number of nitrogens with zero attached hydrogens (tertiary/aromatic N) is 1. The van der Waals surface area contributed by atoms with Gasteiger partial charge in [0.2, 0.25) is 5.91 Å². The van der Waals surface area contributed by atoms with Crippen LogP contribution in [0.25, 0.3) is 0 Å². The second kappa shape index (κ2) is 8.06. The largest absolute Gasteiger partial charge is 0.495 e. The van der Waals surface area contributed by atoms with Gasteiger partial charge in [-0.1, -0.05) is 6.07 Å². The van der Waals surface area contributed by atoms with Crippen molar-refractivity contribution in [3.63, 3.8) is 0 Å². The van der Waals surface area contributed by atoms with Crippen molar-refractivity contribution in [1.29, 1.82) is 0 Å². The molecule has 0 bridgehead atoms.